The maximum atomic E-state index is 10.8. The van der Waals surface area contributed by atoms with Crippen LogP contribution in [-0.2, 0) is 9.53 Å². The first-order chi connectivity index (χ1) is 6.63. The molecule has 0 aliphatic carbocycles. The average Bonchev–Trinajstić information content (AvgIpc) is 2.13. The van der Waals surface area contributed by atoms with Gasteiger partial charge in [0.2, 0.25) is 0 Å². The summed E-state index contributed by atoms with van der Waals surface area (Å²) in [6, 6.07) is -0.517. The minimum absolute atomic E-state index is 0.248. The molecule has 0 aromatic carbocycles. The van der Waals surface area contributed by atoms with Crippen LogP contribution in [0.4, 0.5) is 0 Å². The van der Waals surface area contributed by atoms with Crippen LogP contribution in [0, 0.1) is 0 Å². The zero-order valence-electron chi connectivity index (χ0n) is 9.32. The summed E-state index contributed by atoms with van der Waals surface area (Å²) in [5.74, 6) is -0.814. The quantitative estimate of drug-likeness (QED) is 0.602. The zero-order chi connectivity index (χ0) is 11.0. The maximum Gasteiger partial charge on any atom is 0.323 e. The second kappa shape index (κ2) is 7.76. The Balaban J connectivity index is 3.88. The topological polar surface area (TPSA) is 49.8 Å². The number of hydrogen-bond donors (Lipinski definition) is 1. The smallest absolute Gasteiger partial charge is 0.323 e. The maximum absolute atomic E-state index is 10.8. The summed E-state index contributed by atoms with van der Waals surface area (Å²) in [5.41, 5.74) is 0. The van der Waals surface area contributed by atoms with Crippen LogP contribution < -0.4 is 0 Å². The number of hydrogen-bond acceptors (Lipinski definition) is 3. The minimum atomic E-state index is -0.814. The number of rotatable bonds is 8. The Bertz CT molecular complexity index is 161. The molecular weight excluding hydrogens is 182 g/mol. The minimum Gasteiger partial charge on any atom is -0.480 e. The third-order valence-corrected chi connectivity index (χ3v) is 2.26. The monoisotopic (exact) mass is 203 g/mol. The lowest BCUT2D eigenvalue weighted by Crippen LogP contribution is -2.42. The van der Waals surface area contributed by atoms with E-state index in [0.29, 0.717) is 0 Å². The molecule has 0 amide bonds. The van der Waals surface area contributed by atoms with Gasteiger partial charge in [0.25, 0.3) is 0 Å². The fourth-order valence-electron chi connectivity index (χ4n) is 1.31. The van der Waals surface area contributed by atoms with Gasteiger partial charge in [0.05, 0.1) is 6.61 Å². The van der Waals surface area contributed by atoms with E-state index in [0.717, 1.165) is 25.8 Å². The number of methoxy groups -OCH3 is 1. The number of likely N-dealkylation sites (N-methyl/N-ethyl adjacent to an activating group) is 1. The molecular formula is C10H21NO3. The van der Waals surface area contributed by atoms with Gasteiger partial charge in [0, 0.05) is 7.11 Å². The van der Waals surface area contributed by atoms with Crippen molar-refractivity contribution >= 4 is 5.97 Å². The van der Waals surface area contributed by atoms with Crippen molar-refractivity contribution in [1.82, 2.24) is 4.90 Å². The Hall–Kier alpha value is -0.610. The predicted octanol–water partition coefficient (Wildman–Crippen LogP) is 1.21. The van der Waals surface area contributed by atoms with Gasteiger partial charge in [-0.05, 0) is 20.0 Å². The van der Waals surface area contributed by atoms with E-state index in [1.807, 2.05) is 11.9 Å². The Kier molecular flexibility index (Phi) is 7.42. The highest BCUT2D eigenvalue weighted by atomic mass is 16.5. The lowest BCUT2D eigenvalue weighted by atomic mass is 10.2. The van der Waals surface area contributed by atoms with Gasteiger partial charge < -0.3 is 9.84 Å². The van der Waals surface area contributed by atoms with Crippen LogP contribution in [0.25, 0.3) is 0 Å². The van der Waals surface area contributed by atoms with E-state index in [4.69, 9.17) is 9.84 Å². The van der Waals surface area contributed by atoms with Crippen molar-refractivity contribution in [3.05, 3.63) is 0 Å². The molecule has 0 spiro atoms. The number of carboxylic acids is 1. The lowest BCUT2D eigenvalue weighted by Gasteiger charge is -2.23. The van der Waals surface area contributed by atoms with E-state index >= 15 is 0 Å². The number of carbonyl (C=O) groups is 1. The van der Waals surface area contributed by atoms with Crippen molar-refractivity contribution < 1.29 is 14.6 Å². The van der Waals surface area contributed by atoms with Gasteiger partial charge in [-0.1, -0.05) is 19.8 Å². The van der Waals surface area contributed by atoms with Gasteiger partial charge in [-0.3, -0.25) is 9.69 Å². The van der Waals surface area contributed by atoms with Gasteiger partial charge in [-0.15, -0.1) is 0 Å². The summed E-state index contributed by atoms with van der Waals surface area (Å²) >= 11 is 0. The molecule has 0 fully saturated rings. The fraction of sp³-hybridized carbons (Fsp3) is 0.900. The van der Waals surface area contributed by atoms with Crippen LogP contribution in [-0.4, -0.2) is 49.3 Å². The first-order valence-electron chi connectivity index (χ1n) is 5.05. The summed E-state index contributed by atoms with van der Waals surface area (Å²) in [6.07, 6.45) is 3.33. The number of unbranched alkanes of at least 4 members (excludes halogenated alkanes) is 2. The second-order valence-corrected chi connectivity index (χ2v) is 3.50. The highest BCUT2D eigenvalue weighted by Crippen LogP contribution is 2.02. The Morgan fingerprint density at radius 1 is 1.50 bits per heavy atom. The first kappa shape index (κ1) is 13.4. The average molecular weight is 203 g/mol. The van der Waals surface area contributed by atoms with Crippen LogP contribution in [0.5, 0.6) is 0 Å². The molecule has 14 heavy (non-hydrogen) atoms. The zero-order valence-corrected chi connectivity index (χ0v) is 9.32. The molecule has 0 aliphatic heterocycles. The summed E-state index contributed by atoms with van der Waals surface area (Å²) in [6.45, 7) is 3.19. The molecule has 1 atom stereocenters. The molecule has 84 valence electrons. The Morgan fingerprint density at radius 2 is 2.14 bits per heavy atom. The third-order valence-electron chi connectivity index (χ3n) is 2.26. The highest BCUT2D eigenvalue weighted by molar-refractivity contribution is 5.73. The fourth-order valence-corrected chi connectivity index (χ4v) is 1.31. The van der Waals surface area contributed by atoms with Crippen LogP contribution in [0.15, 0.2) is 0 Å². The summed E-state index contributed by atoms with van der Waals surface area (Å²) in [7, 11) is 3.35. The van der Waals surface area contributed by atoms with E-state index in [1.54, 1.807) is 0 Å². The molecule has 4 nitrogen and oxygen atoms in total. The van der Waals surface area contributed by atoms with Crippen LogP contribution in [0.1, 0.15) is 26.2 Å². The SMILES string of the molecule is CCCCCN(C)C(COC)C(=O)O. The molecule has 0 saturated carbocycles. The molecule has 0 saturated heterocycles. The first-order valence-corrected chi connectivity index (χ1v) is 5.05. The largest absolute Gasteiger partial charge is 0.480 e. The summed E-state index contributed by atoms with van der Waals surface area (Å²) in [4.78, 5) is 12.7. The van der Waals surface area contributed by atoms with Crippen molar-refractivity contribution in [3.8, 4) is 0 Å². The molecule has 0 bridgehead atoms. The molecule has 0 aromatic heterocycles. The molecule has 1 unspecified atom stereocenters. The normalized spacial score (nSPS) is 13.1. The highest BCUT2D eigenvalue weighted by Gasteiger charge is 2.21. The van der Waals surface area contributed by atoms with Crippen molar-refractivity contribution in [2.24, 2.45) is 0 Å². The van der Waals surface area contributed by atoms with Gasteiger partial charge >= 0.3 is 5.97 Å². The molecule has 1 N–H and O–H groups in total. The second-order valence-electron chi connectivity index (χ2n) is 3.50. The molecule has 0 heterocycles. The van der Waals surface area contributed by atoms with Crippen molar-refractivity contribution in [2.75, 3.05) is 27.3 Å². The van der Waals surface area contributed by atoms with Crippen LogP contribution in [0.3, 0.4) is 0 Å². The lowest BCUT2D eigenvalue weighted by molar-refractivity contribution is -0.144. The van der Waals surface area contributed by atoms with Gasteiger partial charge in [-0.2, -0.15) is 0 Å². The van der Waals surface area contributed by atoms with Crippen LogP contribution in [0.2, 0.25) is 0 Å². The van der Waals surface area contributed by atoms with Gasteiger partial charge in [-0.25, -0.2) is 0 Å². The van der Waals surface area contributed by atoms with Gasteiger partial charge in [0.15, 0.2) is 0 Å². The molecule has 0 aliphatic rings. The number of carboxylic acid groups (broad SMARTS) is 1. The molecule has 4 heteroatoms. The predicted molar refractivity (Wildman–Crippen MR) is 55.5 cm³/mol. The number of nitrogens with zero attached hydrogens (tertiary/aromatic N) is 1. The van der Waals surface area contributed by atoms with E-state index in [2.05, 4.69) is 6.92 Å². The third kappa shape index (κ3) is 5.19. The Morgan fingerprint density at radius 3 is 2.57 bits per heavy atom. The summed E-state index contributed by atoms with van der Waals surface area (Å²) < 4.78 is 4.87. The van der Waals surface area contributed by atoms with Crippen molar-refractivity contribution in [3.63, 3.8) is 0 Å². The van der Waals surface area contributed by atoms with E-state index in [9.17, 15) is 4.79 Å². The van der Waals surface area contributed by atoms with Crippen molar-refractivity contribution in [1.29, 1.82) is 0 Å². The van der Waals surface area contributed by atoms with E-state index in [-0.39, 0.29) is 6.61 Å². The van der Waals surface area contributed by atoms with Crippen molar-refractivity contribution in [2.45, 2.75) is 32.2 Å². The summed E-state index contributed by atoms with van der Waals surface area (Å²) in [5, 5.41) is 8.91. The number of aliphatic carboxylic acids is 1. The molecule has 0 rings (SSSR count). The standard InChI is InChI=1S/C10H21NO3/c1-4-5-6-7-11(2)9(8-14-3)10(12)13/h9H,4-8H2,1-3H3,(H,12,13). The molecule has 0 aromatic rings. The number of ether oxygens (including phenoxy) is 1. The van der Waals surface area contributed by atoms with E-state index in [1.165, 1.54) is 7.11 Å². The Labute approximate surface area is 85.9 Å². The van der Waals surface area contributed by atoms with E-state index < -0.39 is 12.0 Å². The van der Waals surface area contributed by atoms with Crippen LogP contribution >= 0.6 is 0 Å². The molecule has 0 radical (unpaired) electrons. The van der Waals surface area contributed by atoms with Gasteiger partial charge in [0.1, 0.15) is 6.04 Å².